The zero-order valence-electron chi connectivity index (χ0n) is 17.6. The SMILES string of the molecule is CC(C)c1c(C#N)cccc1C(=O)Nc1ccc(C=N)c(Nc2nc3ccccc3o2)c1. The summed E-state index contributed by atoms with van der Waals surface area (Å²) in [4.78, 5) is 17.4. The molecule has 1 aromatic heterocycles. The van der Waals surface area contributed by atoms with Crippen molar-refractivity contribution in [2.75, 3.05) is 10.6 Å². The highest BCUT2D eigenvalue weighted by Crippen LogP contribution is 2.28. The van der Waals surface area contributed by atoms with E-state index in [2.05, 4.69) is 21.7 Å². The minimum atomic E-state index is -0.304. The second kappa shape index (κ2) is 8.74. The van der Waals surface area contributed by atoms with Crippen LogP contribution in [0.15, 0.2) is 65.1 Å². The van der Waals surface area contributed by atoms with E-state index < -0.39 is 0 Å². The van der Waals surface area contributed by atoms with Crippen molar-refractivity contribution < 1.29 is 9.21 Å². The van der Waals surface area contributed by atoms with E-state index >= 15 is 0 Å². The number of aromatic nitrogens is 1. The van der Waals surface area contributed by atoms with E-state index in [1.165, 1.54) is 6.21 Å². The number of carbonyl (C=O) groups is 1. The first-order chi connectivity index (χ1) is 15.5. The first-order valence-corrected chi connectivity index (χ1v) is 10.1. The molecule has 1 amide bonds. The van der Waals surface area contributed by atoms with Crippen molar-refractivity contribution in [2.24, 2.45) is 0 Å². The summed E-state index contributed by atoms with van der Waals surface area (Å²) >= 11 is 0. The van der Waals surface area contributed by atoms with Crippen LogP contribution in [-0.2, 0) is 0 Å². The predicted octanol–water partition coefficient (Wildman–Crippen LogP) is 5.82. The van der Waals surface area contributed by atoms with Gasteiger partial charge in [0, 0.05) is 23.0 Å². The lowest BCUT2D eigenvalue weighted by atomic mass is 9.92. The van der Waals surface area contributed by atoms with Gasteiger partial charge in [0.15, 0.2) is 5.58 Å². The van der Waals surface area contributed by atoms with Crippen molar-refractivity contribution in [1.29, 1.82) is 10.7 Å². The third-order valence-electron chi connectivity index (χ3n) is 5.05. The normalized spacial score (nSPS) is 10.7. The van der Waals surface area contributed by atoms with Crippen LogP contribution >= 0.6 is 0 Å². The lowest BCUT2D eigenvalue weighted by molar-refractivity contribution is 0.102. The maximum atomic E-state index is 13.0. The van der Waals surface area contributed by atoms with Gasteiger partial charge in [-0.05, 0) is 53.9 Å². The number of nitrogens with zero attached hydrogens (tertiary/aromatic N) is 2. The zero-order valence-corrected chi connectivity index (χ0v) is 17.6. The van der Waals surface area contributed by atoms with Crippen LogP contribution in [0.2, 0.25) is 0 Å². The van der Waals surface area contributed by atoms with Crippen LogP contribution in [0.3, 0.4) is 0 Å². The Labute approximate surface area is 185 Å². The predicted molar refractivity (Wildman–Crippen MR) is 125 cm³/mol. The van der Waals surface area contributed by atoms with Gasteiger partial charge in [0.1, 0.15) is 5.52 Å². The molecule has 0 unspecified atom stereocenters. The van der Waals surface area contributed by atoms with Gasteiger partial charge in [0.2, 0.25) is 0 Å². The summed E-state index contributed by atoms with van der Waals surface area (Å²) in [7, 11) is 0. The van der Waals surface area contributed by atoms with E-state index in [1.54, 1.807) is 36.4 Å². The molecular weight excluding hydrogens is 402 g/mol. The maximum Gasteiger partial charge on any atom is 0.300 e. The van der Waals surface area contributed by atoms with Crippen LogP contribution in [0.25, 0.3) is 11.1 Å². The Hall–Kier alpha value is -4.44. The summed E-state index contributed by atoms with van der Waals surface area (Å²) in [6.45, 7) is 3.91. The van der Waals surface area contributed by atoms with E-state index in [0.29, 0.717) is 45.2 Å². The number of amides is 1. The van der Waals surface area contributed by atoms with E-state index in [9.17, 15) is 10.1 Å². The molecule has 3 aromatic carbocycles. The molecule has 1 heterocycles. The van der Waals surface area contributed by atoms with Crippen molar-refractivity contribution >= 4 is 40.6 Å². The number of fused-ring (bicyclic) bond motifs is 1. The van der Waals surface area contributed by atoms with Crippen LogP contribution < -0.4 is 10.6 Å². The van der Waals surface area contributed by atoms with Gasteiger partial charge < -0.3 is 20.5 Å². The summed E-state index contributed by atoms with van der Waals surface area (Å²) in [5.41, 5.74) is 4.75. The van der Waals surface area contributed by atoms with Crippen LogP contribution in [0, 0.1) is 16.7 Å². The van der Waals surface area contributed by atoms with Gasteiger partial charge in [-0.3, -0.25) is 4.79 Å². The van der Waals surface area contributed by atoms with Crippen molar-refractivity contribution in [2.45, 2.75) is 19.8 Å². The number of nitriles is 1. The summed E-state index contributed by atoms with van der Waals surface area (Å²) < 4.78 is 5.71. The molecule has 3 N–H and O–H groups in total. The highest BCUT2D eigenvalue weighted by atomic mass is 16.4. The van der Waals surface area contributed by atoms with Crippen LogP contribution in [0.1, 0.15) is 46.8 Å². The number of carbonyl (C=O) groups excluding carboxylic acids is 1. The molecule has 4 rings (SSSR count). The molecule has 32 heavy (non-hydrogen) atoms. The molecule has 0 fully saturated rings. The molecule has 158 valence electrons. The number of hydrogen-bond donors (Lipinski definition) is 3. The minimum absolute atomic E-state index is 0.0169. The Balaban J connectivity index is 1.64. The van der Waals surface area contributed by atoms with Gasteiger partial charge in [-0.1, -0.05) is 32.0 Å². The molecule has 0 aliphatic rings. The highest BCUT2D eigenvalue weighted by molar-refractivity contribution is 6.06. The summed E-state index contributed by atoms with van der Waals surface area (Å²) in [6, 6.07) is 20.2. The number of benzene rings is 3. The molecule has 0 aliphatic heterocycles. The second-order valence-corrected chi connectivity index (χ2v) is 7.55. The van der Waals surface area contributed by atoms with Crippen molar-refractivity contribution in [3.05, 3.63) is 82.9 Å². The molecule has 0 saturated carbocycles. The monoisotopic (exact) mass is 423 g/mol. The number of hydrogen-bond acceptors (Lipinski definition) is 6. The van der Waals surface area contributed by atoms with Gasteiger partial charge in [-0.2, -0.15) is 10.2 Å². The topological polar surface area (TPSA) is 115 Å². The molecule has 0 spiro atoms. The molecule has 7 nitrogen and oxygen atoms in total. The average Bonchev–Trinajstić information content (AvgIpc) is 3.21. The molecule has 4 aromatic rings. The fourth-order valence-corrected chi connectivity index (χ4v) is 3.59. The molecule has 7 heteroatoms. The fraction of sp³-hybridized carbons (Fsp3) is 0.120. The first-order valence-electron chi connectivity index (χ1n) is 10.1. The van der Waals surface area contributed by atoms with E-state index in [1.807, 2.05) is 38.1 Å². The maximum absolute atomic E-state index is 13.0. The Morgan fingerprint density at radius 3 is 2.69 bits per heavy atom. The third kappa shape index (κ3) is 4.07. The summed E-state index contributed by atoms with van der Waals surface area (Å²) in [6.07, 6.45) is 1.21. The van der Waals surface area contributed by atoms with Gasteiger partial charge >= 0.3 is 0 Å². The number of nitrogens with one attached hydrogen (secondary N) is 3. The van der Waals surface area contributed by atoms with Crippen molar-refractivity contribution in [3.8, 4) is 6.07 Å². The van der Waals surface area contributed by atoms with Gasteiger partial charge in [-0.25, -0.2) is 0 Å². The Morgan fingerprint density at radius 2 is 1.97 bits per heavy atom. The molecular formula is C25H21N5O2. The van der Waals surface area contributed by atoms with E-state index in [4.69, 9.17) is 9.83 Å². The summed E-state index contributed by atoms with van der Waals surface area (Å²) in [5, 5.41) is 23.1. The number of para-hydroxylation sites is 2. The number of anilines is 3. The Kier molecular flexibility index (Phi) is 5.69. The average molecular weight is 423 g/mol. The third-order valence-corrected chi connectivity index (χ3v) is 5.05. The van der Waals surface area contributed by atoms with Gasteiger partial charge in [0.05, 0.1) is 17.3 Å². The standard InChI is InChI=1S/C25H21N5O2/c1-15(2)23-17(14-27)6-5-7-19(23)24(31)28-18-11-10-16(13-26)21(12-18)30-25-29-20-8-3-4-9-22(20)32-25/h3-13,15,26H,1-2H3,(H,28,31)(H,29,30). The van der Waals surface area contributed by atoms with Crippen LogP contribution in [-0.4, -0.2) is 17.1 Å². The smallest absolute Gasteiger partial charge is 0.300 e. The quantitative estimate of drug-likeness (QED) is 0.338. The highest BCUT2D eigenvalue weighted by Gasteiger charge is 2.18. The van der Waals surface area contributed by atoms with E-state index in [-0.39, 0.29) is 11.8 Å². The minimum Gasteiger partial charge on any atom is -0.423 e. The fourth-order valence-electron chi connectivity index (χ4n) is 3.59. The second-order valence-electron chi connectivity index (χ2n) is 7.55. The number of oxazole rings is 1. The molecule has 0 radical (unpaired) electrons. The molecule has 0 atom stereocenters. The Morgan fingerprint density at radius 1 is 1.16 bits per heavy atom. The van der Waals surface area contributed by atoms with Crippen LogP contribution in [0.5, 0.6) is 0 Å². The van der Waals surface area contributed by atoms with E-state index in [0.717, 1.165) is 5.52 Å². The van der Waals surface area contributed by atoms with Crippen molar-refractivity contribution in [3.63, 3.8) is 0 Å². The molecule has 0 saturated heterocycles. The zero-order chi connectivity index (χ0) is 22.7. The van der Waals surface area contributed by atoms with Crippen LogP contribution in [0.4, 0.5) is 17.4 Å². The molecule has 0 bridgehead atoms. The van der Waals surface area contributed by atoms with Crippen molar-refractivity contribution in [1.82, 2.24) is 4.98 Å². The van der Waals surface area contributed by atoms with Gasteiger partial charge in [0.25, 0.3) is 11.9 Å². The largest absolute Gasteiger partial charge is 0.423 e. The Bertz CT molecular complexity index is 1330. The number of rotatable bonds is 6. The lowest BCUT2D eigenvalue weighted by Gasteiger charge is -2.15. The molecule has 0 aliphatic carbocycles. The lowest BCUT2D eigenvalue weighted by Crippen LogP contribution is -2.16. The first kappa shape index (κ1) is 20.8. The summed E-state index contributed by atoms with van der Waals surface area (Å²) in [5.74, 6) is -0.288. The van der Waals surface area contributed by atoms with Gasteiger partial charge in [-0.15, -0.1) is 0 Å².